The van der Waals surface area contributed by atoms with Gasteiger partial charge in [-0.2, -0.15) is 0 Å². The van der Waals surface area contributed by atoms with E-state index < -0.39 is 6.03 Å². The Balaban J connectivity index is 1.54. The van der Waals surface area contributed by atoms with E-state index >= 15 is 0 Å². The topological polar surface area (TPSA) is 71.1 Å². The molecule has 1 N–H and O–H groups in total. The summed E-state index contributed by atoms with van der Waals surface area (Å²) in [4.78, 5) is 31.5. The molecular weight excluding hydrogens is 505 g/mol. The van der Waals surface area contributed by atoms with E-state index in [1.54, 1.807) is 40.5 Å². The molecule has 0 saturated carbocycles. The number of aryl methyl sites for hydroxylation is 1. The van der Waals surface area contributed by atoms with Gasteiger partial charge in [0.15, 0.2) is 0 Å². The van der Waals surface area contributed by atoms with Crippen molar-refractivity contribution in [3.63, 3.8) is 0 Å². The fourth-order valence-electron chi connectivity index (χ4n) is 4.34. The van der Waals surface area contributed by atoms with Crippen molar-refractivity contribution in [2.45, 2.75) is 45.9 Å². The predicted octanol–water partition coefficient (Wildman–Crippen LogP) is 5.84. The molecule has 1 aliphatic rings. The maximum absolute atomic E-state index is 13.7. The summed E-state index contributed by atoms with van der Waals surface area (Å²) in [6, 6.07) is 15.0. The molecular formula is C29H34FN3O4S. The number of nitrogens with zero attached hydrogens (tertiary/aromatic N) is 2. The van der Waals surface area contributed by atoms with Gasteiger partial charge in [-0.25, -0.2) is 9.18 Å². The van der Waals surface area contributed by atoms with E-state index in [1.807, 2.05) is 37.4 Å². The van der Waals surface area contributed by atoms with Gasteiger partial charge >= 0.3 is 6.03 Å². The van der Waals surface area contributed by atoms with Crippen LogP contribution in [0.1, 0.15) is 35.8 Å². The van der Waals surface area contributed by atoms with E-state index in [0.717, 1.165) is 28.8 Å². The molecule has 2 aromatic carbocycles. The van der Waals surface area contributed by atoms with E-state index in [4.69, 9.17) is 9.47 Å². The SMILES string of the molecule is CCOc1ccccc1NC(=O)N(CC(=O)N(Cc1ccc(F)cc1)Cc1sccc1C)CC1CCCO1. The Morgan fingerprint density at radius 3 is 2.58 bits per heavy atom. The van der Waals surface area contributed by atoms with Gasteiger partial charge in [0, 0.05) is 24.6 Å². The Hall–Kier alpha value is -3.43. The van der Waals surface area contributed by atoms with Crippen molar-refractivity contribution in [3.8, 4) is 5.75 Å². The molecule has 1 aliphatic heterocycles. The first kappa shape index (κ1) is 27.6. The second-order valence-electron chi connectivity index (χ2n) is 9.28. The van der Waals surface area contributed by atoms with Gasteiger partial charge in [-0.15, -0.1) is 11.3 Å². The molecule has 38 heavy (non-hydrogen) atoms. The number of hydrogen-bond acceptors (Lipinski definition) is 5. The van der Waals surface area contributed by atoms with Crippen molar-refractivity contribution in [1.29, 1.82) is 0 Å². The van der Waals surface area contributed by atoms with Crippen LogP contribution in [0.2, 0.25) is 0 Å². The van der Waals surface area contributed by atoms with Crippen molar-refractivity contribution < 1.29 is 23.5 Å². The molecule has 1 atom stereocenters. The molecule has 4 rings (SSSR count). The summed E-state index contributed by atoms with van der Waals surface area (Å²) in [6.45, 7) is 5.90. The molecule has 0 radical (unpaired) electrons. The summed E-state index contributed by atoms with van der Waals surface area (Å²) in [5.74, 6) is 0.0405. The standard InChI is InChI=1S/C29H34FN3O4S/c1-3-36-26-9-5-4-8-25(26)31-29(35)33(18-24-7-6-15-37-24)20-28(34)32(19-27-21(2)14-16-38-27)17-22-10-12-23(30)13-11-22/h4-5,8-14,16,24H,3,6-7,15,17-20H2,1-2H3,(H,31,35). The highest BCUT2D eigenvalue weighted by molar-refractivity contribution is 7.10. The zero-order valence-electron chi connectivity index (χ0n) is 21.8. The zero-order valence-corrected chi connectivity index (χ0v) is 22.6. The summed E-state index contributed by atoms with van der Waals surface area (Å²) in [7, 11) is 0. The highest BCUT2D eigenvalue weighted by Crippen LogP contribution is 2.25. The Labute approximate surface area is 227 Å². The van der Waals surface area contributed by atoms with Crippen molar-refractivity contribution >= 4 is 29.0 Å². The molecule has 1 saturated heterocycles. The molecule has 1 aromatic heterocycles. The Kier molecular flexibility index (Phi) is 9.73. The molecule has 1 unspecified atom stereocenters. The first-order valence-electron chi connectivity index (χ1n) is 12.9. The van der Waals surface area contributed by atoms with E-state index in [0.29, 0.717) is 44.3 Å². The number of thiophene rings is 1. The molecule has 0 aliphatic carbocycles. The van der Waals surface area contributed by atoms with E-state index in [2.05, 4.69) is 5.32 Å². The highest BCUT2D eigenvalue weighted by Gasteiger charge is 2.27. The van der Waals surface area contributed by atoms with Crippen LogP contribution in [0.3, 0.4) is 0 Å². The van der Waals surface area contributed by atoms with Gasteiger partial charge in [0.1, 0.15) is 18.1 Å². The minimum absolute atomic E-state index is 0.117. The average Bonchev–Trinajstić information content (AvgIpc) is 3.57. The molecule has 202 valence electrons. The number of rotatable bonds is 11. The maximum Gasteiger partial charge on any atom is 0.322 e. The second kappa shape index (κ2) is 13.4. The monoisotopic (exact) mass is 539 g/mol. The Morgan fingerprint density at radius 2 is 1.89 bits per heavy atom. The number of benzene rings is 2. The average molecular weight is 540 g/mol. The number of carbonyl (C=O) groups excluding carboxylic acids is 2. The van der Waals surface area contributed by atoms with E-state index in [1.165, 1.54) is 17.0 Å². The lowest BCUT2D eigenvalue weighted by atomic mass is 10.2. The fourth-order valence-corrected chi connectivity index (χ4v) is 5.26. The van der Waals surface area contributed by atoms with Crippen LogP contribution in [-0.4, -0.2) is 54.1 Å². The van der Waals surface area contributed by atoms with Crippen LogP contribution in [0.15, 0.2) is 60.0 Å². The summed E-state index contributed by atoms with van der Waals surface area (Å²) in [6.07, 6.45) is 1.64. The van der Waals surface area contributed by atoms with Gasteiger partial charge in [0.25, 0.3) is 0 Å². The Bertz CT molecular complexity index is 1210. The lowest BCUT2D eigenvalue weighted by Gasteiger charge is -2.29. The largest absolute Gasteiger partial charge is 0.492 e. The molecule has 0 spiro atoms. The van der Waals surface area contributed by atoms with Gasteiger partial charge in [0.2, 0.25) is 5.91 Å². The van der Waals surface area contributed by atoms with Gasteiger partial charge in [-0.3, -0.25) is 4.79 Å². The number of halogens is 1. The third-order valence-electron chi connectivity index (χ3n) is 6.43. The lowest BCUT2D eigenvalue weighted by molar-refractivity contribution is -0.133. The van der Waals surface area contributed by atoms with Gasteiger partial charge in [-0.05, 0) is 73.5 Å². The van der Waals surface area contributed by atoms with Crippen molar-refractivity contribution in [2.24, 2.45) is 0 Å². The smallest absolute Gasteiger partial charge is 0.322 e. The van der Waals surface area contributed by atoms with E-state index in [-0.39, 0.29) is 24.4 Å². The second-order valence-corrected chi connectivity index (χ2v) is 10.3. The summed E-state index contributed by atoms with van der Waals surface area (Å²) in [5, 5.41) is 4.92. The zero-order chi connectivity index (χ0) is 26.9. The van der Waals surface area contributed by atoms with Crippen molar-refractivity contribution in [3.05, 3.63) is 81.8 Å². The number of urea groups is 1. The van der Waals surface area contributed by atoms with Crippen LogP contribution < -0.4 is 10.1 Å². The number of carbonyl (C=O) groups is 2. The lowest BCUT2D eigenvalue weighted by Crippen LogP contribution is -2.46. The number of anilines is 1. The number of hydrogen-bond donors (Lipinski definition) is 1. The minimum Gasteiger partial charge on any atom is -0.492 e. The number of ether oxygens (including phenoxy) is 2. The highest BCUT2D eigenvalue weighted by atomic mass is 32.1. The molecule has 9 heteroatoms. The fraction of sp³-hybridized carbons (Fsp3) is 0.379. The summed E-state index contributed by atoms with van der Waals surface area (Å²) < 4.78 is 24.9. The number of nitrogens with one attached hydrogen (secondary N) is 1. The molecule has 3 aromatic rings. The van der Waals surface area contributed by atoms with Gasteiger partial charge < -0.3 is 24.6 Å². The first-order valence-corrected chi connectivity index (χ1v) is 13.8. The number of para-hydroxylation sites is 2. The van der Waals surface area contributed by atoms with Gasteiger partial charge in [0.05, 0.1) is 24.9 Å². The van der Waals surface area contributed by atoms with Crippen LogP contribution >= 0.6 is 11.3 Å². The van der Waals surface area contributed by atoms with Crippen molar-refractivity contribution in [1.82, 2.24) is 9.80 Å². The predicted molar refractivity (Wildman–Crippen MR) is 147 cm³/mol. The Morgan fingerprint density at radius 1 is 1.11 bits per heavy atom. The summed E-state index contributed by atoms with van der Waals surface area (Å²) >= 11 is 1.59. The first-order chi connectivity index (χ1) is 18.4. The third kappa shape index (κ3) is 7.55. The molecule has 2 heterocycles. The molecule has 1 fully saturated rings. The molecule has 7 nitrogen and oxygen atoms in total. The third-order valence-corrected chi connectivity index (χ3v) is 7.44. The van der Waals surface area contributed by atoms with Crippen LogP contribution in [0, 0.1) is 12.7 Å². The van der Waals surface area contributed by atoms with Gasteiger partial charge in [-0.1, -0.05) is 24.3 Å². The van der Waals surface area contributed by atoms with E-state index in [9.17, 15) is 14.0 Å². The van der Waals surface area contributed by atoms with Crippen LogP contribution in [0.25, 0.3) is 0 Å². The quantitative estimate of drug-likeness (QED) is 0.333. The molecule has 3 amide bonds. The number of amides is 3. The maximum atomic E-state index is 13.7. The van der Waals surface area contributed by atoms with Crippen LogP contribution in [0.4, 0.5) is 14.9 Å². The normalized spacial score (nSPS) is 14.8. The minimum atomic E-state index is -0.393. The molecule has 0 bridgehead atoms. The van der Waals surface area contributed by atoms with Crippen molar-refractivity contribution in [2.75, 3.05) is 31.6 Å². The van der Waals surface area contributed by atoms with Crippen LogP contribution in [-0.2, 0) is 22.6 Å². The van der Waals surface area contributed by atoms with Crippen LogP contribution in [0.5, 0.6) is 5.75 Å². The summed E-state index contributed by atoms with van der Waals surface area (Å²) in [5.41, 5.74) is 2.46.